The predicted octanol–water partition coefficient (Wildman–Crippen LogP) is 5.14. The molecule has 7 nitrogen and oxygen atoms in total. The molecule has 0 bridgehead atoms. The van der Waals surface area contributed by atoms with Gasteiger partial charge in [0.05, 0.1) is 12.1 Å². The van der Waals surface area contributed by atoms with E-state index in [2.05, 4.69) is 5.32 Å². The van der Waals surface area contributed by atoms with Gasteiger partial charge in [-0.2, -0.15) is 0 Å². The fourth-order valence-corrected chi connectivity index (χ4v) is 5.17. The summed E-state index contributed by atoms with van der Waals surface area (Å²) in [5.41, 5.74) is 2.67. The molecule has 0 spiro atoms. The normalized spacial score (nSPS) is 17.5. The molecule has 0 unspecified atom stereocenters. The number of halogens is 2. The molecule has 194 valence electrons. The van der Waals surface area contributed by atoms with Gasteiger partial charge in [0.15, 0.2) is 5.11 Å². The molecule has 1 N–H and O–H groups in total. The fraction of sp³-hybridized carbons (Fsp3) is 0.214. The SMILES string of the molecule is O=C(C[C@@H]1C(=O)N(c2ccc(F)cc2)C(=S)N1Cc1ccc(N2CCCC2=O)cc1)Nc1ccc(Cl)cc1. The van der Waals surface area contributed by atoms with Gasteiger partial charge in [0, 0.05) is 35.9 Å². The zero-order chi connectivity index (χ0) is 26.8. The quantitative estimate of drug-likeness (QED) is 0.413. The summed E-state index contributed by atoms with van der Waals surface area (Å²) in [4.78, 5) is 43.4. The Bertz CT molecular complexity index is 1380. The predicted molar refractivity (Wildman–Crippen MR) is 149 cm³/mol. The van der Waals surface area contributed by atoms with Crippen LogP contribution in [0.5, 0.6) is 0 Å². The lowest BCUT2D eigenvalue weighted by Crippen LogP contribution is -2.37. The number of nitrogens with zero attached hydrogens (tertiary/aromatic N) is 3. The summed E-state index contributed by atoms with van der Waals surface area (Å²) in [6.45, 7) is 0.968. The van der Waals surface area contributed by atoms with Crippen molar-refractivity contribution in [3.05, 3.63) is 89.2 Å². The molecule has 2 aliphatic heterocycles. The van der Waals surface area contributed by atoms with E-state index in [-0.39, 0.29) is 35.8 Å². The molecular formula is C28H24ClFN4O3S. The minimum absolute atomic E-state index is 0.103. The number of benzene rings is 3. The molecule has 0 aliphatic carbocycles. The van der Waals surface area contributed by atoms with Crippen molar-refractivity contribution in [1.29, 1.82) is 0 Å². The molecule has 3 amide bonds. The van der Waals surface area contributed by atoms with E-state index in [4.69, 9.17) is 23.8 Å². The van der Waals surface area contributed by atoms with Gasteiger partial charge in [0.1, 0.15) is 11.9 Å². The molecule has 0 saturated carbocycles. The number of carbonyl (C=O) groups is 3. The Labute approximate surface area is 229 Å². The van der Waals surface area contributed by atoms with Crippen LogP contribution in [-0.2, 0) is 20.9 Å². The maximum absolute atomic E-state index is 13.6. The van der Waals surface area contributed by atoms with E-state index < -0.39 is 11.9 Å². The minimum atomic E-state index is -0.861. The Hall–Kier alpha value is -3.82. The molecule has 0 aromatic heterocycles. The van der Waals surface area contributed by atoms with E-state index in [0.29, 0.717) is 29.4 Å². The van der Waals surface area contributed by atoms with Crippen molar-refractivity contribution >= 4 is 63.7 Å². The number of carbonyl (C=O) groups excluding carboxylic acids is 3. The van der Waals surface area contributed by atoms with Crippen LogP contribution in [0.25, 0.3) is 0 Å². The smallest absolute Gasteiger partial charge is 0.256 e. The highest BCUT2D eigenvalue weighted by molar-refractivity contribution is 7.80. The third kappa shape index (κ3) is 5.39. The van der Waals surface area contributed by atoms with Crippen molar-refractivity contribution in [1.82, 2.24) is 4.90 Å². The van der Waals surface area contributed by atoms with Crippen molar-refractivity contribution in [2.75, 3.05) is 21.7 Å². The number of rotatable bonds is 7. The van der Waals surface area contributed by atoms with Crippen molar-refractivity contribution < 1.29 is 18.8 Å². The van der Waals surface area contributed by atoms with E-state index in [1.165, 1.54) is 29.2 Å². The molecule has 2 saturated heterocycles. The average Bonchev–Trinajstić information content (AvgIpc) is 3.43. The van der Waals surface area contributed by atoms with E-state index in [9.17, 15) is 18.8 Å². The van der Waals surface area contributed by atoms with Gasteiger partial charge in [-0.3, -0.25) is 19.3 Å². The Morgan fingerprint density at radius 2 is 1.63 bits per heavy atom. The largest absolute Gasteiger partial charge is 0.332 e. The lowest BCUT2D eigenvalue weighted by atomic mass is 10.1. The molecular weight excluding hydrogens is 527 g/mol. The summed E-state index contributed by atoms with van der Waals surface area (Å²) in [7, 11) is 0. The maximum Gasteiger partial charge on any atom is 0.256 e. The third-order valence-electron chi connectivity index (χ3n) is 6.58. The molecule has 1 atom stereocenters. The van der Waals surface area contributed by atoms with E-state index in [1.54, 1.807) is 34.1 Å². The lowest BCUT2D eigenvalue weighted by Gasteiger charge is -2.24. The van der Waals surface area contributed by atoms with Gasteiger partial charge in [-0.05, 0) is 84.9 Å². The average molecular weight is 551 g/mol. The maximum atomic E-state index is 13.6. The number of thiocarbonyl (C=S) groups is 1. The number of anilines is 3. The second kappa shape index (κ2) is 10.9. The standard InChI is InChI=1S/C28H24ClFN4O3S/c29-19-5-9-21(10-6-19)31-25(35)16-24-27(37)34(23-13-7-20(30)8-14-23)28(38)33(24)17-18-3-11-22(12-4-18)32-15-1-2-26(32)36/h3-14,24H,1-2,15-17H2,(H,31,35)/t24-/m1/s1. The zero-order valence-electron chi connectivity index (χ0n) is 20.3. The van der Waals surface area contributed by atoms with Gasteiger partial charge >= 0.3 is 0 Å². The second-order valence-electron chi connectivity index (χ2n) is 9.15. The van der Waals surface area contributed by atoms with Gasteiger partial charge in [-0.25, -0.2) is 4.39 Å². The number of amides is 3. The van der Waals surface area contributed by atoms with Crippen LogP contribution >= 0.6 is 23.8 Å². The Morgan fingerprint density at radius 3 is 2.26 bits per heavy atom. The van der Waals surface area contributed by atoms with Gasteiger partial charge < -0.3 is 15.1 Å². The Kier molecular flexibility index (Phi) is 7.40. The van der Waals surface area contributed by atoms with Crippen LogP contribution in [0.2, 0.25) is 5.02 Å². The Morgan fingerprint density at radius 1 is 0.974 bits per heavy atom. The first-order chi connectivity index (χ1) is 18.3. The van der Waals surface area contributed by atoms with Crippen molar-refractivity contribution in [3.63, 3.8) is 0 Å². The van der Waals surface area contributed by atoms with Crippen LogP contribution in [0, 0.1) is 5.82 Å². The van der Waals surface area contributed by atoms with Gasteiger partial charge in [0.25, 0.3) is 5.91 Å². The van der Waals surface area contributed by atoms with Crippen LogP contribution in [-0.4, -0.2) is 40.3 Å². The summed E-state index contributed by atoms with van der Waals surface area (Å²) in [5, 5.41) is 3.56. The lowest BCUT2D eigenvalue weighted by molar-refractivity contribution is -0.124. The number of nitrogens with one attached hydrogen (secondary N) is 1. The molecule has 0 radical (unpaired) electrons. The van der Waals surface area contributed by atoms with E-state index in [0.717, 1.165) is 17.7 Å². The fourth-order valence-electron chi connectivity index (χ4n) is 4.66. The van der Waals surface area contributed by atoms with Crippen LogP contribution in [0.4, 0.5) is 21.5 Å². The van der Waals surface area contributed by atoms with E-state index in [1.807, 2.05) is 24.3 Å². The highest BCUT2D eigenvalue weighted by atomic mass is 35.5. The van der Waals surface area contributed by atoms with Crippen molar-refractivity contribution in [2.45, 2.75) is 31.8 Å². The molecule has 2 aliphatic rings. The number of hydrogen-bond donors (Lipinski definition) is 1. The van der Waals surface area contributed by atoms with Crippen LogP contribution < -0.4 is 15.1 Å². The zero-order valence-corrected chi connectivity index (χ0v) is 21.8. The molecule has 2 heterocycles. The molecule has 3 aromatic rings. The highest BCUT2D eigenvalue weighted by Crippen LogP contribution is 2.30. The second-order valence-corrected chi connectivity index (χ2v) is 9.95. The summed E-state index contributed by atoms with van der Waals surface area (Å²) < 4.78 is 13.5. The monoisotopic (exact) mass is 550 g/mol. The Balaban J connectivity index is 1.38. The summed E-state index contributed by atoms with van der Waals surface area (Å²) in [5.74, 6) is -1.06. The molecule has 2 fully saturated rings. The minimum Gasteiger partial charge on any atom is -0.332 e. The van der Waals surface area contributed by atoms with Crippen LogP contribution in [0.3, 0.4) is 0 Å². The molecule has 38 heavy (non-hydrogen) atoms. The van der Waals surface area contributed by atoms with E-state index >= 15 is 0 Å². The first-order valence-electron chi connectivity index (χ1n) is 12.1. The van der Waals surface area contributed by atoms with Crippen LogP contribution in [0.15, 0.2) is 72.8 Å². The molecule has 5 rings (SSSR count). The van der Waals surface area contributed by atoms with Crippen molar-refractivity contribution in [2.24, 2.45) is 0 Å². The summed E-state index contributed by atoms with van der Waals surface area (Å²) in [6.07, 6.45) is 1.24. The first-order valence-corrected chi connectivity index (χ1v) is 12.9. The third-order valence-corrected chi connectivity index (χ3v) is 7.25. The van der Waals surface area contributed by atoms with Crippen LogP contribution in [0.1, 0.15) is 24.8 Å². The summed E-state index contributed by atoms with van der Waals surface area (Å²) >= 11 is 11.6. The number of hydrogen-bond acceptors (Lipinski definition) is 4. The summed E-state index contributed by atoms with van der Waals surface area (Å²) in [6, 6.07) is 18.8. The molecule has 3 aromatic carbocycles. The topological polar surface area (TPSA) is 73.0 Å². The first kappa shape index (κ1) is 25.8. The van der Waals surface area contributed by atoms with Gasteiger partial charge in [-0.1, -0.05) is 23.7 Å². The molecule has 10 heteroatoms. The van der Waals surface area contributed by atoms with Crippen molar-refractivity contribution in [3.8, 4) is 0 Å². The highest BCUT2D eigenvalue weighted by Gasteiger charge is 2.44. The van der Waals surface area contributed by atoms with Gasteiger partial charge in [-0.15, -0.1) is 0 Å². The van der Waals surface area contributed by atoms with Gasteiger partial charge in [0.2, 0.25) is 11.8 Å².